The SMILES string of the molecule is COCn1ccnc1C(O)c1cccc(C(F)(F)F)c1-c1ccccc1. The monoisotopic (exact) mass is 362 g/mol. The van der Waals surface area contributed by atoms with E-state index in [0.717, 1.165) is 6.07 Å². The maximum absolute atomic E-state index is 13.6. The molecule has 4 nitrogen and oxygen atoms in total. The highest BCUT2D eigenvalue weighted by Crippen LogP contribution is 2.41. The van der Waals surface area contributed by atoms with E-state index in [9.17, 15) is 18.3 Å². The van der Waals surface area contributed by atoms with Gasteiger partial charge in [0.05, 0.1) is 5.56 Å². The van der Waals surface area contributed by atoms with Gasteiger partial charge in [0.2, 0.25) is 0 Å². The average molecular weight is 362 g/mol. The van der Waals surface area contributed by atoms with Crippen LogP contribution in [0.2, 0.25) is 0 Å². The van der Waals surface area contributed by atoms with Crippen LogP contribution in [0.3, 0.4) is 0 Å². The number of hydrogen-bond acceptors (Lipinski definition) is 3. The number of aliphatic hydroxyl groups excluding tert-OH is 1. The van der Waals surface area contributed by atoms with E-state index in [0.29, 0.717) is 5.56 Å². The summed E-state index contributed by atoms with van der Waals surface area (Å²) in [6.45, 7) is 0.131. The minimum Gasteiger partial charge on any atom is -0.380 e. The third kappa shape index (κ3) is 3.49. The van der Waals surface area contributed by atoms with E-state index in [-0.39, 0.29) is 23.7 Å². The van der Waals surface area contributed by atoms with Crippen molar-refractivity contribution >= 4 is 0 Å². The van der Waals surface area contributed by atoms with Gasteiger partial charge in [-0.1, -0.05) is 42.5 Å². The van der Waals surface area contributed by atoms with Crippen LogP contribution in [0.1, 0.15) is 23.1 Å². The van der Waals surface area contributed by atoms with Crippen molar-refractivity contribution in [3.05, 3.63) is 77.9 Å². The number of benzene rings is 2. The zero-order valence-corrected chi connectivity index (χ0v) is 13.9. The second-order valence-corrected chi connectivity index (χ2v) is 5.71. The summed E-state index contributed by atoms with van der Waals surface area (Å²) in [5, 5.41) is 10.8. The number of ether oxygens (including phenoxy) is 1. The third-order valence-electron chi connectivity index (χ3n) is 4.02. The highest BCUT2D eigenvalue weighted by Gasteiger charge is 2.36. The number of methoxy groups -OCH3 is 1. The summed E-state index contributed by atoms with van der Waals surface area (Å²) in [5.41, 5.74) is -0.348. The molecular weight excluding hydrogens is 345 g/mol. The minimum atomic E-state index is -4.55. The molecule has 1 unspecified atom stereocenters. The molecule has 2 aromatic carbocycles. The van der Waals surface area contributed by atoms with Crippen molar-refractivity contribution in [2.45, 2.75) is 19.0 Å². The van der Waals surface area contributed by atoms with Crippen molar-refractivity contribution in [3.63, 3.8) is 0 Å². The van der Waals surface area contributed by atoms with Crippen molar-refractivity contribution in [3.8, 4) is 11.1 Å². The van der Waals surface area contributed by atoms with Crippen LogP contribution >= 0.6 is 0 Å². The van der Waals surface area contributed by atoms with E-state index < -0.39 is 17.8 Å². The number of nitrogens with zero attached hydrogens (tertiary/aromatic N) is 2. The van der Waals surface area contributed by atoms with Crippen LogP contribution in [0.4, 0.5) is 13.2 Å². The third-order valence-corrected chi connectivity index (χ3v) is 4.02. The number of aromatic nitrogens is 2. The number of rotatable bonds is 5. The van der Waals surface area contributed by atoms with Gasteiger partial charge in [-0.3, -0.25) is 0 Å². The largest absolute Gasteiger partial charge is 0.417 e. The number of imidazole rings is 1. The first kappa shape index (κ1) is 18.2. The highest BCUT2D eigenvalue weighted by molar-refractivity contribution is 5.72. The summed E-state index contributed by atoms with van der Waals surface area (Å²) in [4.78, 5) is 4.09. The van der Waals surface area contributed by atoms with Gasteiger partial charge in [-0.15, -0.1) is 0 Å². The molecule has 0 radical (unpaired) electrons. The van der Waals surface area contributed by atoms with Crippen LogP contribution < -0.4 is 0 Å². The first-order valence-electron chi connectivity index (χ1n) is 7.87. The molecule has 0 aliphatic rings. The van der Waals surface area contributed by atoms with E-state index in [1.807, 2.05) is 0 Å². The summed E-state index contributed by atoms with van der Waals surface area (Å²) >= 11 is 0. The number of halogens is 3. The summed E-state index contributed by atoms with van der Waals surface area (Å²) < 4.78 is 47.4. The number of alkyl halides is 3. The quantitative estimate of drug-likeness (QED) is 0.738. The maximum atomic E-state index is 13.6. The Kier molecular flexibility index (Phi) is 5.11. The zero-order chi connectivity index (χ0) is 18.7. The van der Waals surface area contributed by atoms with Crippen LogP contribution in [-0.4, -0.2) is 21.8 Å². The Bertz CT molecular complexity index is 876. The Morgan fingerprint density at radius 2 is 1.85 bits per heavy atom. The molecule has 1 aromatic heterocycles. The Morgan fingerprint density at radius 1 is 1.12 bits per heavy atom. The molecule has 0 amide bonds. The van der Waals surface area contributed by atoms with Crippen LogP contribution in [0.15, 0.2) is 60.9 Å². The lowest BCUT2D eigenvalue weighted by molar-refractivity contribution is -0.137. The van der Waals surface area contributed by atoms with Gasteiger partial charge in [-0.25, -0.2) is 4.98 Å². The van der Waals surface area contributed by atoms with E-state index >= 15 is 0 Å². The Morgan fingerprint density at radius 3 is 2.50 bits per heavy atom. The Hall–Kier alpha value is -2.64. The molecule has 0 saturated heterocycles. The van der Waals surface area contributed by atoms with Gasteiger partial charge >= 0.3 is 6.18 Å². The highest BCUT2D eigenvalue weighted by atomic mass is 19.4. The molecule has 1 N–H and O–H groups in total. The first-order chi connectivity index (χ1) is 12.4. The summed E-state index contributed by atoms with van der Waals surface area (Å²) in [5.74, 6) is 0.211. The predicted molar refractivity (Wildman–Crippen MR) is 90.2 cm³/mol. The minimum absolute atomic E-state index is 0.0555. The lowest BCUT2D eigenvalue weighted by Crippen LogP contribution is -2.14. The topological polar surface area (TPSA) is 47.3 Å². The van der Waals surface area contributed by atoms with Crippen LogP contribution in [0.25, 0.3) is 11.1 Å². The molecule has 0 aliphatic heterocycles. The van der Waals surface area contributed by atoms with E-state index in [4.69, 9.17) is 4.74 Å². The lowest BCUT2D eigenvalue weighted by atomic mass is 9.91. The standard InChI is InChI=1S/C19H17F3N2O2/c1-26-12-24-11-10-23-18(24)17(25)14-8-5-9-15(19(20,21)22)16(14)13-6-3-2-4-7-13/h2-11,17,25H,12H2,1H3. The first-order valence-corrected chi connectivity index (χ1v) is 7.87. The molecule has 0 bridgehead atoms. The summed E-state index contributed by atoms with van der Waals surface area (Å²) in [6, 6.07) is 12.0. The van der Waals surface area contributed by atoms with Crippen LogP contribution in [0, 0.1) is 0 Å². The molecule has 26 heavy (non-hydrogen) atoms. The van der Waals surface area contributed by atoms with Gasteiger partial charge in [0.25, 0.3) is 0 Å². The van der Waals surface area contributed by atoms with E-state index in [2.05, 4.69) is 4.98 Å². The molecule has 1 atom stereocenters. The van der Waals surface area contributed by atoms with E-state index in [1.54, 1.807) is 41.1 Å². The fourth-order valence-electron chi connectivity index (χ4n) is 2.92. The van der Waals surface area contributed by atoms with Crippen molar-refractivity contribution in [2.75, 3.05) is 7.11 Å². The summed E-state index contributed by atoms with van der Waals surface area (Å²) in [7, 11) is 1.48. The number of aliphatic hydroxyl groups is 1. The smallest absolute Gasteiger partial charge is 0.380 e. The second-order valence-electron chi connectivity index (χ2n) is 5.71. The van der Waals surface area contributed by atoms with Gasteiger partial charge in [-0.2, -0.15) is 13.2 Å². The maximum Gasteiger partial charge on any atom is 0.417 e. The van der Waals surface area contributed by atoms with Gasteiger partial charge in [0.15, 0.2) is 0 Å². The van der Waals surface area contributed by atoms with Crippen LogP contribution in [0.5, 0.6) is 0 Å². The fraction of sp³-hybridized carbons (Fsp3) is 0.211. The molecule has 0 saturated carbocycles. The van der Waals surface area contributed by atoms with Crippen molar-refractivity contribution in [1.82, 2.24) is 9.55 Å². The van der Waals surface area contributed by atoms with Gasteiger partial charge in [-0.05, 0) is 17.2 Å². The van der Waals surface area contributed by atoms with Gasteiger partial charge in [0, 0.05) is 25.1 Å². The van der Waals surface area contributed by atoms with Crippen molar-refractivity contribution in [2.24, 2.45) is 0 Å². The average Bonchev–Trinajstić information content (AvgIpc) is 3.09. The Balaban J connectivity index is 2.20. The molecule has 0 fully saturated rings. The van der Waals surface area contributed by atoms with Crippen LogP contribution in [-0.2, 0) is 17.6 Å². The second kappa shape index (κ2) is 7.31. The molecule has 3 aromatic rings. The number of hydrogen-bond donors (Lipinski definition) is 1. The van der Waals surface area contributed by atoms with Crippen molar-refractivity contribution < 1.29 is 23.0 Å². The molecule has 3 rings (SSSR count). The summed E-state index contributed by atoms with van der Waals surface area (Å²) in [6.07, 6.45) is -2.83. The molecule has 7 heteroatoms. The molecule has 1 heterocycles. The van der Waals surface area contributed by atoms with Gasteiger partial charge in [0.1, 0.15) is 18.7 Å². The van der Waals surface area contributed by atoms with Crippen molar-refractivity contribution in [1.29, 1.82) is 0 Å². The molecule has 0 spiro atoms. The van der Waals surface area contributed by atoms with E-state index in [1.165, 1.54) is 25.4 Å². The fourth-order valence-corrected chi connectivity index (χ4v) is 2.92. The Labute approximate surface area is 148 Å². The molecule has 0 aliphatic carbocycles. The van der Waals surface area contributed by atoms with Gasteiger partial charge < -0.3 is 14.4 Å². The lowest BCUT2D eigenvalue weighted by Gasteiger charge is -2.21. The normalized spacial score (nSPS) is 13.0. The predicted octanol–water partition coefficient (Wildman–Crippen LogP) is 4.25. The zero-order valence-electron chi connectivity index (χ0n) is 13.9. The molecule has 136 valence electrons. The molecular formula is C19H17F3N2O2.